The van der Waals surface area contributed by atoms with E-state index >= 15 is 0 Å². The summed E-state index contributed by atoms with van der Waals surface area (Å²) in [6.45, 7) is 0. The van der Waals surface area contributed by atoms with Gasteiger partial charge in [0.2, 0.25) is 9.84 Å². The van der Waals surface area contributed by atoms with Crippen LogP contribution < -0.4 is 0 Å². The maximum absolute atomic E-state index is 12.1. The Morgan fingerprint density at radius 3 is 2.00 bits per heavy atom. The molecule has 6 nitrogen and oxygen atoms in total. The second-order valence-corrected chi connectivity index (χ2v) is 5.10. The van der Waals surface area contributed by atoms with E-state index in [1.807, 2.05) is 0 Å². The van der Waals surface area contributed by atoms with E-state index in [9.17, 15) is 13.2 Å². The quantitative estimate of drug-likeness (QED) is 0.775. The number of carboxylic acid groups (broad SMARTS) is 1. The average Bonchev–Trinajstić information content (AvgIpc) is 2.31. The SMILES string of the molecule is COC(OC)(C(=O)O)S(=O)(=O)c1ccccc1. The van der Waals surface area contributed by atoms with Crippen LogP contribution >= 0.6 is 0 Å². The smallest absolute Gasteiger partial charge is 0.382 e. The first kappa shape index (κ1) is 13.6. The predicted molar refractivity (Wildman–Crippen MR) is 58.0 cm³/mol. The van der Waals surface area contributed by atoms with Crippen molar-refractivity contribution in [2.75, 3.05) is 14.2 Å². The Bertz CT molecular complexity index is 489. The predicted octanol–water partition coefficient (Wildman–Crippen LogP) is 0.491. The van der Waals surface area contributed by atoms with Crippen molar-refractivity contribution >= 4 is 15.8 Å². The van der Waals surface area contributed by atoms with Crippen molar-refractivity contribution in [3.63, 3.8) is 0 Å². The van der Waals surface area contributed by atoms with E-state index in [1.54, 1.807) is 6.07 Å². The zero-order chi connectivity index (χ0) is 13.1. The number of carbonyl (C=O) groups is 1. The Kier molecular flexibility index (Phi) is 3.87. The summed E-state index contributed by atoms with van der Waals surface area (Å²) < 4.78 is 33.4. The van der Waals surface area contributed by atoms with Crippen LogP contribution in [0.25, 0.3) is 0 Å². The molecular weight excluding hydrogens is 248 g/mol. The molecule has 0 unspecified atom stereocenters. The second-order valence-electron chi connectivity index (χ2n) is 3.09. The second kappa shape index (κ2) is 4.82. The van der Waals surface area contributed by atoms with E-state index in [2.05, 4.69) is 9.47 Å². The molecule has 0 spiro atoms. The Morgan fingerprint density at radius 1 is 1.18 bits per heavy atom. The zero-order valence-electron chi connectivity index (χ0n) is 9.28. The number of rotatable bonds is 5. The van der Waals surface area contributed by atoms with Gasteiger partial charge in [-0.05, 0) is 12.1 Å². The summed E-state index contributed by atoms with van der Waals surface area (Å²) in [5, 5.41) is 6.26. The van der Waals surface area contributed by atoms with Crippen LogP contribution in [0.2, 0.25) is 0 Å². The third kappa shape index (κ3) is 2.04. The molecule has 1 aromatic carbocycles. The minimum atomic E-state index is -4.31. The lowest BCUT2D eigenvalue weighted by Gasteiger charge is -2.25. The van der Waals surface area contributed by atoms with E-state index in [4.69, 9.17) is 5.11 Å². The monoisotopic (exact) mass is 260 g/mol. The lowest BCUT2D eigenvalue weighted by molar-refractivity contribution is -0.191. The molecule has 0 aliphatic heterocycles. The van der Waals surface area contributed by atoms with Gasteiger partial charge in [0, 0.05) is 14.2 Å². The first-order valence-corrected chi connectivity index (χ1v) is 6.04. The van der Waals surface area contributed by atoms with Crippen molar-refractivity contribution in [1.29, 1.82) is 0 Å². The molecule has 0 heterocycles. The number of hydrogen-bond acceptors (Lipinski definition) is 5. The normalized spacial score (nSPS) is 12.4. The summed E-state index contributed by atoms with van der Waals surface area (Å²) in [4.78, 5) is 10.9. The largest absolute Gasteiger partial charge is 0.476 e. The summed E-state index contributed by atoms with van der Waals surface area (Å²) >= 11 is 0. The molecule has 0 saturated carbocycles. The highest BCUT2D eigenvalue weighted by molar-refractivity contribution is 7.93. The van der Waals surface area contributed by atoms with Gasteiger partial charge >= 0.3 is 11.1 Å². The number of carboxylic acids is 1. The van der Waals surface area contributed by atoms with Gasteiger partial charge in [-0.15, -0.1) is 0 Å². The van der Waals surface area contributed by atoms with Crippen molar-refractivity contribution in [2.24, 2.45) is 0 Å². The molecule has 1 aromatic rings. The summed E-state index contributed by atoms with van der Waals surface area (Å²) in [6, 6.07) is 7.10. The third-order valence-corrected chi connectivity index (χ3v) is 4.31. The fourth-order valence-corrected chi connectivity index (χ4v) is 2.84. The van der Waals surface area contributed by atoms with Crippen molar-refractivity contribution in [2.45, 2.75) is 10.0 Å². The van der Waals surface area contributed by atoms with Crippen molar-refractivity contribution in [3.05, 3.63) is 30.3 Å². The highest BCUT2D eigenvalue weighted by Crippen LogP contribution is 2.27. The number of ether oxygens (including phenoxy) is 2. The molecule has 0 bridgehead atoms. The number of benzene rings is 1. The van der Waals surface area contributed by atoms with Gasteiger partial charge in [0.05, 0.1) is 4.90 Å². The molecule has 1 N–H and O–H groups in total. The van der Waals surface area contributed by atoms with Gasteiger partial charge < -0.3 is 14.6 Å². The van der Waals surface area contributed by atoms with E-state index < -0.39 is 20.9 Å². The Labute approximate surface area is 98.7 Å². The van der Waals surface area contributed by atoms with Crippen molar-refractivity contribution in [3.8, 4) is 0 Å². The molecule has 1 rings (SSSR count). The van der Waals surface area contributed by atoms with Crippen molar-refractivity contribution < 1.29 is 27.8 Å². The summed E-state index contributed by atoms with van der Waals surface area (Å²) in [6.07, 6.45) is 0. The zero-order valence-corrected chi connectivity index (χ0v) is 10.1. The van der Waals surface area contributed by atoms with Crippen LogP contribution in [0.15, 0.2) is 35.2 Å². The fraction of sp³-hybridized carbons (Fsp3) is 0.300. The molecule has 0 aliphatic rings. The molecule has 7 heteroatoms. The van der Waals surface area contributed by atoms with Crippen molar-refractivity contribution in [1.82, 2.24) is 0 Å². The van der Waals surface area contributed by atoms with E-state index in [1.165, 1.54) is 24.3 Å². The molecule has 0 aliphatic carbocycles. The molecule has 0 atom stereocenters. The molecule has 0 radical (unpaired) electrons. The van der Waals surface area contributed by atoms with Gasteiger partial charge in [-0.3, -0.25) is 0 Å². The minimum Gasteiger partial charge on any atom is -0.476 e. The Hall–Kier alpha value is -1.44. The first-order valence-electron chi connectivity index (χ1n) is 4.55. The first-order chi connectivity index (χ1) is 7.92. The van der Waals surface area contributed by atoms with Crippen LogP contribution in [0, 0.1) is 0 Å². The van der Waals surface area contributed by atoms with Crippen LogP contribution in [-0.4, -0.2) is 38.8 Å². The van der Waals surface area contributed by atoms with Gasteiger partial charge in [0.15, 0.2) is 0 Å². The highest BCUT2D eigenvalue weighted by Gasteiger charge is 2.53. The average molecular weight is 260 g/mol. The Morgan fingerprint density at radius 2 is 1.65 bits per heavy atom. The fourth-order valence-electron chi connectivity index (χ4n) is 1.35. The van der Waals surface area contributed by atoms with Gasteiger partial charge in [-0.2, -0.15) is 0 Å². The number of sulfone groups is 1. The maximum atomic E-state index is 12.1. The standard InChI is InChI=1S/C10H12O6S/c1-15-10(16-2,9(11)12)17(13,14)8-6-4-3-5-7-8/h3-7H,1-2H3,(H,11,12). The number of methoxy groups -OCH3 is 2. The molecule has 0 amide bonds. The van der Waals surface area contributed by atoms with Gasteiger partial charge in [0.1, 0.15) is 0 Å². The van der Waals surface area contributed by atoms with Crippen LogP contribution in [0.1, 0.15) is 0 Å². The van der Waals surface area contributed by atoms with Crippen LogP contribution in [0.4, 0.5) is 0 Å². The van der Waals surface area contributed by atoms with Crippen LogP contribution in [-0.2, 0) is 24.1 Å². The molecule has 94 valence electrons. The number of hydrogen-bond donors (Lipinski definition) is 1. The summed E-state index contributed by atoms with van der Waals surface area (Å²) in [5.74, 6) is -1.73. The lowest BCUT2D eigenvalue weighted by atomic mass is 10.4. The topological polar surface area (TPSA) is 89.9 Å². The van der Waals surface area contributed by atoms with Gasteiger partial charge in [-0.1, -0.05) is 18.2 Å². The molecular formula is C10H12O6S. The summed E-state index contributed by atoms with van der Waals surface area (Å²) in [5.41, 5.74) is 0. The highest BCUT2D eigenvalue weighted by atomic mass is 32.2. The van der Waals surface area contributed by atoms with Gasteiger partial charge in [0.25, 0.3) is 0 Å². The molecule has 0 saturated heterocycles. The maximum Gasteiger partial charge on any atom is 0.382 e. The van der Waals surface area contributed by atoms with Crippen LogP contribution in [0.3, 0.4) is 0 Å². The summed E-state index contributed by atoms with van der Waals surface area (Å²) in [7, 11) is -2.39. The van der Waals surface area contributed by atoms with E-state index in [0.717, 1.165) is 14.2 Å². The molecule has 0 fully saturated rings. The Balaban J connectivity index is 3.44. The van der Waals surface area contributed by atoms with E-state index in [0.29, 0.717) is 0 Å². The van der Waals surface area contributed by atoms with Crippen LogP contribution in [0.5, 0.6) is 0 Å². The molecule has 0 aromatic heterocycles. The molecule has 17 heavy (non-hydrogen) atoms. The van der Waals surface area contributed by atoms with E-state index in [-0.39, 0.29) is 4.90 Å². The van der Waals surface area contributed by atoms with Gasteiger partial charge in [-0.25, -0.2) is 13.2 Å². The lowest BCUT2D eigenvalue weighted by Crippen LogP contribution is -2.49. The third-order valence-electron chi connectivity index (χ3n) is 2.21. The minimum absolute atomic E-state index is 0.189. The number of aliphatic carboxylic acids is 1.